The van der Waals surface area contributed by atoms with Crippen LogP contribution in [0.4, 0.5) is 5.69 Å². The highest BCUT2D eigenvalue weighted by molar-refractivity contribution is 6.04. The fourth-order valence-electron chi connectivity index (χ4n) is 4.00. The van der Waals surface area contributed by atoms with Crippen LogP contribution in [0, 0.1) is 17.2 Å². The van der Waals surface area contributed by atoms with E-state index in [1.165, 1.54) is 12.8 Å². The van der Waals surface area contributed by atoms with Gasteiger partial charge in [-0.25, -0.2) is 4.98 Å². The van der Waals surface area contributed by atoms with Gasteiger partial charge in [0, 0.05) is 36.7 Å². The molecule has 0 unspecified atom stereocenters. The molecule has 0 N–H and O–H groups in total. The molecule has 152 valence electrons. The van der Waals surface area contributed by atoms with E-state index in [1.807, 2.05) is 0 Å². The first-order chi connectivity index (χ1) is 14.6. The van der Waals surface area contributed by atoms with E-state index < -0.39 is 6.10 Å². The molecule has 3 aliphatic rings. The molecule has 0 bridgehead atoms. The van der Waals surface area contributed by atoms with Crippen molar-refractivity contribution in [3.63, 3.8) is 0 Å². The predicted octanol–water partition coefficient (Wildman–Crippen LogP) is 3.06. The smallest absolute Gasteiger partial charge is 0.268 e. The molecule has 0 radical (unpaired) electrons. The van der Waals surface area contributed by atoms with E-state index in [-0.39, 0.29) is 11.7 Å². The Balaban J connectivity index is 1.28. The monoisotopic (exact) mass is 403 g/mol. The van der Waals surface area contributed by atoms with Crippen LogP contribution in [0.15, 0.2) is 30.5 Å². The lowest BCUT2D eigenvalue weighted by Gasteiger charge is -2.19. The van der Waals surface area contributed by atoms with Gasteiger partial charge in [0.2, 0.25) is 5.88 Å². The van der Waals surface area contributed by atoms with Crippen molar-refractivity contribution in [3.05, 3.63) is 47.2 Å². The number of ketones is 1. The van der Waals surface area contributed by atoms with Gasteiger partial charge in [-0.05, 0) is 48.9 Å². The Morgan fingerprint density at radius 3 is 2.77 bits per heavy atom. The second-order valence-corrected chi connectivity index (χ2v) is 8.03. The lowest BCUT2D eigenvalue weighted by molar-refractivity contribution is -0.122. The topological polar surface area (TPSA) is 92.5 Å². The average Bonchev–Trinajstić information content (AvgIpc) is 3.43. The summed E-state index contributed by atoms with van der Waals surface area (Å²) in [6, 6.07) is 9.10. The minimum Gasteiger partial charge on any atom is -0.479 e. The lowest BCUT2D eigenvalue weighted by atomic mass is 10.0. The molecule has 2 aromatic rings. The van der Waals surface area contributed by atoms with Gasteiger partial charge >= 0.3 is 0 Å². The van der Waals surface area contributed by atoms with Gasteiger partial charge in [0.1, 0.15) is 5.75 Å². The first kappa shape index (κ1) is 18.6. The Morgan fingerprint density at radius 2 is 2.03 bits per heavy atom. The van der Waals surface area contributed by atoms with E-state index in [9.17, 15) is 14.9 Å². The van der Waals surface area contributed by atoms with Crippen molar-refractivity contribution in [2.75, 3.05) is 18.1 Å². The summed E-state index contributed by atoms with van der Waals surface area (Å²) in [4.78, 5) is 30.9. The van der Waals surface area contributed by atoms with Crippen LogP contribution in [-0.2, 0) is 11.2 Å². The second-order valence-electron chi connectivity index (χ2n) is 8.03. The molecule has 30 heavy (non-hydrogen) atoms. The molecule has 2 heterocycles. The molecule has 1 aromatic heterocycles. The van der Waals surface area contributed by atoms with Gasteiger partial charge in [0.05, 0.1) is 24.4 Å². The number of hydrogen-bond acceptors (Lipinski definition) is 6. The number of fused-ring (bicyclic) bond motifs is 1. The summed E-state index contributed by atoms with van der Waals surface area (Å²) in [6.45, 7) is 1.16. The summed E-state index contributed by atoms with van der Waals surface area (Å²) in [6.07, 6.45) is 4.90. The lowest BCUT2D eigenvalue weighted by Crippen LogP contribution is -2.32. The first-order valence-corrected chi connectivity index (χ1v) is 10.3. The molecule has 2 aliphatic carbocycles. The quantitative estimate of drug-likeness (QED) is 0.736. The molecule has 1 aliphatic heterocycles. The SMILES string of the molecule is N#Cc1cc(N2CC[C@@H](Oc3ccc(OCC4CC4)nc3)C2=O)cc2c1CCC2=O. The maximum atomic E-state index is 12.9. The number of benzene rings is 1. The van der Waals surface area contributed by atoms with E-state index in [1.54, 1.807) is 35.4 Å². The minimum absolute atomic E-state index is 0.0258. The third-order valence-electron chi connectivity index (χ3n) is 5.88. The minimum atomic E-state index is -0.625. The fraction of sp³-hybridized carbons (Fsp3) is 0.391. The predicted molar refractivity (Wildman–Crippen MR) is 108 cm³/mol. The number of aromatic nitrogens is 1. The number of hydrogen-bond donors (Lipinski definition) is 0. The van der Waals surface area contributed by atoms with Crippen LogP contribution in [0.3, 0.4) is 0 Å². The molecule has 7 nitrogen and oxygen atoms in total. The van der Waals surface area contributed by atoms with Gasteiger partial charge in [-0.1, -0.05) is 0 Å². The summed E-state index contributed by atoms with van der Waals surface area (Å²) in [7, 11) is 0. The molecule has 1 atom stereocenters. The van der Waals surface area contributed by atoms with E-state index >= 15 is 0 Å². The number of anilines is 1. The highest BCUT2D eigenvalue weighted by atomic mass is 16.5. The summed E-state index contributed by atoms with van der Waals surface area (Å²) >= 11 is 0. The molecular formula is C23H21N3O4. The summed E-state index contributed by atoms with van der Waals surface area (Å²) in [5.41, 5.74) is 2.41. The van der Waals surface area contributed by atoms with E-state index in [0.29, 0.717) is 66.8 Å². The highest BCUT2D eigenvalue weighted by Crippen LogP contribution is 2.33. The van der Waals surface area contributed by atoms with E-state index in [2.05, 4.69) is 11.1 Å². The zero-order valence-electron chi connectivity index (χ0n) is 16.5. The van der Waals surface area contributed by atoms with Crippen LogP contribution in [0.2, 0.25) is 0 Å². The Morgan fingerprint density at radius 1 is 1.17 bits per heavy atom. The number of nitrogens with zero attached hydrogens (tertiary/aromatic N) is 3. The third kappa shape index (κ3) is 3.50. The Kier molecular flexibility index (Phi) is 4.62. The molecule has 1 saturated carbocycles. The fourth-order valence-corrected chi connectivity index (χ4v) is 4.00. The number of carbonyl (C=O) groups is 2. The van der Waals surface area contributed by atoms with Crippen molar-refractivity contribution in [2.45, 2.75) is 38.2 Å². The van der Waals surface area contributed by atoms with E-state index in [0.717, 1.165) is 5.56 Å². The average molecular weight is 403 g/mol. The number of Topliss-reactive ketones (excluding diaryl/α,β-unsaturated/α-hetero) is 1. The number of nitriles is 1. The largest absolute Gasteiger partial charge is 0.479 e. The van der Waals surface area contributed by atoms with Crippen molar-refractivity contribution in [2.24, 2.45) is 5.92 Å². The molecule has 5 rings (SSSR count). The standard InChI is InChI=1S/C23H21N3O4/c24-11-15-9-16(10-19-18(15)4-5-20(19)27)26-8-7-21(23(26)28)30-17-3-6-22(25-12-17)29-13-14-1-2-14/h3,6,9-10,12,14,21H,1-2,4-5,7-8,13H2/t21-/m1/s1. The van der Waals surface area contributed by atoms with Gasteiger partial charge in [-0.15, -0.1) is 0 Å². The molecule has 2 fully saturated rings. The third-order valence-corrected chi connectivity index (χ3v) is 5.88. The van der Waals surface area contributed by atoms with Gasteiger partial charge in [-0.3, -0.25) is 9.59 Å². The number of carbonyl (C=O) groups excluding carboxylic acids is 2. The van der Waals surface area contributed by atoms with Gasteiger partial charge in [0.15, 0.2) is 11.9 Å². The number of amides is 1. The van der Waals surface area contributed by atoms with Gasteiger partial charge < -0.3 is 14.4 Å². The summed E-state index contributed by atoms with van der Waals surface area (Å²) in [5.74, 6) is 1.56. The highest BCUT2D eigenvalue weighted by Gasteiger charge is 2.36. The zero-order valence-corrected chi connectivity index (χ0v) is 16.5. The molecule has 0 spiro atoms. The first-order valence-electron chi connectivity index (χ1n) is 10.3. The van der Waals surface area contributed by atoms with Crippen LogP contribution < -0.4 is 14.4 Å². The molecule has 1 saturated heterocycles. The summed E-state index contributed by atoms with van der Waals surface area (Å²) in [5, 5.41) is 9.46. The number of ether oxygens (including phenoxy) is 2. The second kappa shape index (κ2) is 7.45. The van der Waals surface area contributed by atoms with Crippen molar-refractivity contribution in [1.29, 1.82) is 5.26 Å². The van der Waals surface area contributed by atoms with Crippen molar-refractivity contribution in [1.82, 2.24) is 4.98 Å². The molecule has 1 aromatic carbocycles. The number of rotatable bonds is 6. The zero-order chi connectivity index (χ0) is 20.7. The van der Waals surface area contributed by atoms with Crippen molar-refractivity contribution in [3.8, 4) is 17.7 Å². The Labute approximate surface area is 174 Å². The number of pyridine rings is 1. The normalized spacial score (nSPS) is 20.2. The Hall–Kier alpha value is -3.40. The molecule has 1 amide bonds. The maximum absolute atomic E-state index is 12.9. The van der Waals surface area contributed by atoms with Crippen molar-refractivity contribution < 1.29 is 19.1 Å². The van der Waals surface area contributed by atoms with Crippen LogP contribution in [0.5, 0.6) is 11.6 Å². The van der Waals surface area contributed by atoms with Crippen LogP contribution in [0.1, 0.15) is 47.2 Å². The van der Waals surface area contributed by atoms with Gasteiger partial charge in [-0.2, -0.15) is 5.26 Å². The molecule has 7 heteroatoms. The molecular weight excluding hydrogens is 382 g/mol. The van der Waals surface area contributed by atoms with Crippen LogP contribution >= 0.6 is 0 Å². The Bertz CT molecular complexity index is 1050. The maximum Gasteiger partial charge on any atom is 0.268 e. The van der Waals surface area contributed by atoms with Crippen LogP contribution in [-0.4, -0.2) is 35.9 Å². The van der Waals surface area contributed by atoms with Crippen molar-refractivity contribution >= 4 is 17.4 Å². The van der Waals surface area contributed by atoms with Gasteiger partial charge in [0.25, 0.3) is 5.91 Å². The van der Waals surface area contributed by atoms with E-state index in [4.69, 9.17) is 9.47 Å². The summed E-state index contributed by atoms with van der Waals surface area (Å²) < 4.78 is 11.5. The van der Waals surface area contributed by atoms with Crippen LogP contribution in [0.25, 0.3) is 0 Å².